The molecule has 8 heteroatoms. The number of ether oxygens (including phenoxy) is 2. The lowest BCUT2D eigenvalue weighted by molar-refractivity contribution is 0.228. The number of aryl methyl sites for hydroxylation is 2. The minimum atomic E-state index is -0.608. The molecule has 0 fully saturated rings. The van der Waals surface area contributed by atoms with Gasteiger partial charge >= 0.3 is 0 Å². The van der Waals surface area contributed by atoms with Crippen LogP contribution in [0.4, 0.5) is 10.1 Å². The highest BCUT2D eigenvalue weighted by molar-refractivity contribution is 5.95. The minimum Gasteiger partial charge on any atom is -0.494 e. The zero-order valence-corrected chi connectivity index (χ0v) is 19.9. The number of anilines is 1. The molecule has 0 aliphatic heterocycles. The topological polar surface area (TPSA) is 109 Å². The average molecular weight is 466 g/mol. The molecule has 0 radical (unpaired) electrons. The second kappa shape index (κ2) is 10.2. The van der Waals surface area contributed by atoms with Gasteiger partial charge in [0.1, 0.15) is 23.5 Å². The Morgan fingerprint density at radius 1 is 1.21 bits per heavy atom. The Balaban J connectivity index is 1.80. The van der Waals surface area contributed by atoms with E-state index in [1.165, 1.54) is 0 Å². The molecule has 0 bridgehead atoms. The fraction of sp³-hybridized carbons (Fsp3) is 0.385. The van der Waals surface area contributed by atoms with E-state index in [0.717, 1.165) is 42.8 Å². The second-order valence-electron chi connectivity index (χ2n) is 8.75. The lowest BCUT2D eigenvalue weighted by atomic mass is 10.0. The fourth-order valence-corrected chi connectivity index (χ4v) is 4.21. The molecule has 1 atom stereocenters. The van der Waals surface area contributed by atoms with E-state index in [9.17, 15) is 0 Å². The van der Waals surface area contributed by atoms with Crippen LogP contribution in [0.5, 0.6) is 11.5 Å². The number of nitrogens with zero attached hydrogens (tertiary/aromatic N) is 1. The van der Waals surface area contributed by atoms with Crippen LogP contribution in [-0.4, -0.2) is 28.5 Å². The van der Waals surface area contributed by atoms with E-state index in [-0.39, 0.29) is 17.7 Å². The maximum atomic E-state index is 15.8. The van der Waals surface area contributed by atoms with E-state index >= 15 is 4.39 Å². The number of aromatic nitrogens is 2. The van der Waals surface area contributed by atoms with Crippen molar-refractivity contribution in [1.29, 1.82) is 5.41 Å². The molecule has 0 spiro atoms. The van der Waals surface area contributed by atoms with Gasteiger partial charge in [-0.05, 0) is 76.8 Å². The Hall–Kier alpha value is -3.55. The summed E-state index contributed by atoms with van der Waals surface area (Å²) in [6.45, 7) is 6.06. The van der Waals surface area contributed by atoms with E-state index in [4.69, 9.17) is 25.6 Å². The lowest BCUT2D eigenvalue weighted by Crippen LogP contribution is -2.18. The molecule has 2 aromatic carbocycles. The predicted molar refractivity (Wildman–Crippen MR) is 131 cm³/mol. The Bertz CT molecular complexity index is 1130. The molecular formula is C26H32FN5O2. The van der Waals surface area contributed by atoms with E-state index in [2.05, 4.69) is 10.3 Å². The quantitative estimate of drug-likeness (QED) is 0.260. The summed E-state index contributed by atoms with van der Waals surface area (Å²) in [6.07, 6.45) is 3.86. The molecule has 1 aliphatic carbocycles. The van der Waals surface area contributed by atoms with Crippen molar-refractivity contribution in [1.82, 2.24) is 9.97 Å². The number of fused-ring (bicyclic) bond motifs is 1. The van der Waals surface area contributed by atoms with E-state index in [1.54, 1.807) is 24.3 Å². The smallest absolute Gasteiger partial charge is 0.171 e. The van der Waals surface area contributed by atoms with Crippen molar-refractivity contribution in [3.63, 3.8) is 0 Å². The van der Waals surface area contributed by atoms with Crippen molar-refractivity contribution in [2.24, 2.45) is 5.73 Å². The van der Waals surface area contributed by atoms with Gasteiger partial charge in [0.2, 0.25) is 0 Å². The number of rotatable bonds is 9. The molecule has 0 amide bonds. The number of hydrogen-bond donors (Lipinski definition) is 4. The van der Waals surface area contributed by atoms with Crippen molar-refractivity contribution in [3.05, 3.63) is 70.6 Å². The first-order valence-electron chi connectivity index (χ1n) is 11.8. The first-order valence-corrected chi connectivity index (χ1v) is 11.8. The highest BCUT2D eigenvalue weighted by Gasteiger charge is 2.27. The van der Waals surface area contributed by atoms with Crippen LogP contribution in [-0.2, 0) is 12.8 Å². The molecule has 1 heterocycles. The third-order valence-electron chi connectivity index (χ3n) is 5.78. The first kappa shape index (κ1) is 23.6. The van der Waals surface area contributed by atoms with Crippen LogP contribution in [0, 0.1) is 11.2 Å². The van der Waals surface area contributed by atoms with E-state index in [1.807, 2.05) is 32.9 Å². The lowest BCUT2D eigenvalue weighted by Gasteiger charge is -2.22. The van der Waals surface area contributed by atoms with Gasteiger partial charge in [-0.1, -0.05) is 0 Å². The number of nitrogens with two attached hydrogens (primary N) is 1. The molecule has 7 nitrogen and oxygen atoms in total. The minimum absolute atomic E-state index is 0.00672. The van der Waals surface area contributed by atoms with E-state index in [0.29, 0.717) is 29.3 Å². The molecule has 34 heavy (non-hydrogen) atoms. The summed E-state index contributed by atoms with van der Waals surface area (Å²) in [6, 6.07) is 9.85. The molecule has 1 aromatic heterocycles. The van der Waals surface area contributed by atoms with Crippen LogP contribution < -0.4 is 20.5 Å². The summed E-state index contributed by atoms with van der Waals surface area (Å²) in [7, 11) is 0. The highest BCUT2D eigenvalue weighted by Crippen LogP contribution is 2.36. The Labute approximate surface area is 199 Å². The normalized spacial score (nSPS) is 13.9. The highest BCUT2D eigenvalue weighted by atomic mass is 19.1. The molecule has 0 saturated carbocycles. The van der Waals surface area contributed by atoms with Gasteiger partial charge in [-0.3, -0.25) is 5.41 Å². The Morgan fingerprint density at radius 3 is 2.59 bits per heavy atom. The Kier molecular flexibility index (Phi) is 7.05. The zero-order valence-electron chi connectivity index (χ0n) is 19.9. The average Bonchev–Trinajstić information content (AvgIpc) is 3.24. The van der Waals surface area contributed by atoms with Crippen LogP contribution in [0.1, 0.15) is 68.0 Å². The van der Waals surface area contributed by atoms with Gasteiger partial charge in [-0.2, -0.15) is 0 Å². The number of nitrogens with one attached hydrogen (secondary N) is 3. The third-order valence-corrected chi connectivity index (χ3v) is 5.78. The van der Waals surface area contributed by atoms with Gasteiger partial charge in [-0.25, -0.2) is 9.37 Å². The second-order valence-corrected chi connectivity index (χ2v) is 8.75. The molecule has 5 N–H and O–H groups in total. The number of benzene rings is 2. The van der Waals surface area contributed by atoms with Gasteiger partial charge in [-0.15, -0.1) is 0 Å². The Morgan fingerprint density at radius 2 is 1.94 bits per heavy atom. The summed E-state index contributed by atoms with van der Waals surface area (Å²) in [5.41, 5.74) is 9.49. The fourth-order valence-electron chi connectivity index (χ4n) is 4.21. The van der Waals surface area contributed by atoms with Gasteiger partial charge < -0.3 is 25.5 Å². The van der Waals surface area contributed by atoms with Crippen molar-refractivity contribution in [3.8, 4) is 11.5 Å². The molecule has 4 rings (SSSR count). The monoisotopic (exact) mass is 465 g/mol. The molecule has 1 aliphatic rings. The van der Waals surface area contributed by atoms with Crippen LogP contribution in [0.2, 0.25) is 0 Å². The number of halogens is 1. The summed E-state index contributed by atoms with van der Waals surface area (Å²) in [4.78, 5) is 8.30. The van der Waals surface area contributed by atoms with Crippen LogP contribution in [0.3, 0.4) is 0 Å². The van der Waals surface area contributed by atoms with Crippen LogP contribution >= 0.6 is 0 Å². The summed E-state index contributed by atoms with van der Waals surface area (Å²) in [5, 5.41) is 11.0. The van der Waals surface area contributed by atoms with Gasteiger partial charge in [0.25, 0.3) is 0 Å². The third kappa shape index (κ3) is 5.16. The SMILES string of the molecule is CCOc1cc(OC(C)C)c(F)c(C(Nc2ccc(C(=N)N)cc2)c2nc3c([nH]2)CCCC3)c1. The van der Waals surface area contributed by atoms with Crippen molar-refractivity contribution in [2.45, 2.75) is 58.6 Å². The molecule has 0 saturated heterocycles. The first-order chi connectivity index (χ1) is 16.4. The molecule has 1 unspecified atom stereocenters. The predicted octanol–water partition coefficient (Wildman–Crippen LogP) is 5.10. The van der Waals surface area contributed by atoms with Crippen molar-refractivity contribution >= 4 is 11.5 Å². The number of aromatic amines is 1. The van der Waals surface area contributed by atoms with Gasteiger partial charge in [0, 0.05) is 28.6 Å². The molecule has 180 valence electrons. The van der Waals surface area contributed by atoms with E-state index < -0.39 is 11.9 Å². The largest absolute Gasteiger partial charge is 0.494 e. The number of imidazole rings is 1. The number of amidine groups is 1. The summed E-state index contributed by atoms with van der Waals surface area (Å²) in [5.74, 6) is 0.860. The molecular weight excluding hydrogens is 433 g/mol. The molecule has 3 aromatic rings. The maximum Gasteiger partial charge on any atom is 0.171 e. The zero-order chi connectivity index (χ0) is 24.2. The van der Waals surface area contributed by atoms with Gasteiger partial charge in [0.15, 0.2) is 11.6 Å². The summed E-state index contributed by atoms with van der Waals surface area (Å²) >= 11 is 0. The van der Waals surface area contributed by atoms with Crippen LogP contribution in [0.25, 0.3) is 0 Å². The maximum absolute atomic E-state index is 15.8. The van der Waals surface area contributed by atoms with Crippen molar-refractivity contribution in [2.75, 3.05) is 11.9 Å². The standard InChI is InChI=1S/C26H32FN5O2/c1-4-33-18-13-19(23(27)22(14-18)34-15(2)3)24(26-31-20-7-5-6-8-21(20)32-26)30-17-11-9-16(10-12-17)25(28)29/h9-15,24,30H,4-8H2,1-3H3,(H3,28,29)(H,31,32). The van der Waals surface area contributed by atoms with Gasteiger partial charge in [0.05, 0.1) is 18.4 Å². The number of nitrogen functional groups attached to an aromatic ring is 1. The number of H-pyrrole nitrogens is 1. The van der Waals surface area contributed by atoms with Crippen molar-refractivity contribution < 1.29 is 13.9 Å². The van der Waals surface area contributed by atoms with Crippen LogP contribution in [0.15, 0.2) is 36.4 Å². The number of hydrogen-bond acceptors (Lipinski definition) is 5. The summed E-state index contributed by atoms with van der Waals surface area (Å²) < 4.78 is 27.4.